The van der Waals surface area contributed by atoms with Gasteiger partial charge in [-0.1, -0.05) is 11.6 Å². The van der Waals surface area contributed by atoms with Crippen molar-refractivity contribution >= 4 is 29.2 Å². The zero-order valence-corrected chi connectivity index (χ0v) is 12.1. The van der Waals surface area contributed by atoms with Crippen molar-refractivity contribution in [3.63, 3.8) is 0 Å². The molecule has 4 nitrogen and oxygen atoms in total. The number of alkyl halides is 1. The Morgan fingerprint density at radius 1 is 1.50 bits per heavy atom. The van der Waals surface area contributed by atoms with Crippen molar-refractivity contribution in [1.29, 1.82) is 0 Å². The van der Waals surface area contributed by atoms with Gasteiger partial charge in [0.05, 0.1) is 5.70 Å². The predicted molar refractivity (Wildman–Crippen MR) is 74.0 cm³/mol. The summed E-state index contributed by atoms with van der Waals surface area (Å²) in [7, 11) is 0. The van der Waals surface area contributed by atoms with E-state index in [0.717, 1.165) is 12.1 Å². The number of ether oxygens (including phenoxy) is 1. The fourth-order valence-corrected chi connectivity index (χ4v) is 2.11. The van der Waals surface area contributed by atoms with Crippen molar-refractivity contribution in [1.82, 2.24) is 9.88 Å². The Hall–Kier alpha value is -1.33. The van der Waals surface area contributed by atoms with E-state index in [0.29, 0.717) is 24.5 Å². The summed E-state index contributed by atoms with van der Waals surface area (Å²) in [6.45, 7) is 1.29. The van der Waals surface area contributed by atoms with Crippen LogP contribution in [0.3, 0.4) is 0 Å². The Bertz CT molecular complexity index is 537. The van der Waals surface area contributed by atoms with E-state index in [1.807, 2.05) is 4.90 Å². The van der Waals surface area contributed by atoms with Crippen molar-refractivity contribution in [2.24, 2.45) is 0 Å². The maximum Gasteiger partial charge on any atom is 0.333 e. The molecule has 0 aromatic carbocycles. The highest BCUT2D eigenvalue weighted by Crippen LogP contribution is 2.18. The summed E-state index contributed by atoms with van der Waals surface area (Å²) < 4.78 is 18.3. The molecule has 1 aliphatic rings. The fourth-order valence-electron chi connectivity index (χ4n) is 1.89. The van der Waals surface area contributed by atoms with E-state index < -0.39 is 5.82 Å². The Balaban J connectivity index is 2.12. The third kappa shape index (κ3) is 3.84. The van der Waals surface area contributed by atoms with E-state index >= 15 is 0 Å². The van der Waals surface area contributed by atoms with Gasteiger partial charge in [0, 0.05) is 31.2 Å². The predicted octanol–water partition coefficient (Wildman–Crippen LogP) is 2.75. The highest BCUT2D eigenvalue weighted by atomic mass is 35.5. The van der Waals surface area contributed by atoms with Crippen LogP contribution < -0.4 is 0 Å². The van der Waals surface area contributed by atoms with E-state index in [-0.39, 0.29) is 17.7 Å². The molecule has 0 saturated heterocycles. The second kappa shape index (κ2) is 6.90. The van der Waals surface area contributed by atoms with Gasteiger partial charge in [0.1, 0.15) is 6.61 Å². The van der Waals surface area contributed by atoms with Crippen LogP contribution in [0.4, 0.5) is 4.39 Å². The van der Waals surface area contributed by atoms with Gasteiger partial charge < -0.3 is 9.64 Å². The van der Waals surface area contributed by atoms with Crippen LogP contribution in [0.5, 0.6) is 0 Å². The number of nitrogens with zero attached hydrogens (tertiary/aromatic N) is 2. The van der Waals surface area contributed by atoms with E-state index in [1.165, 1.54) is 18.3 Å². The highest BCUT2D eigenvalue weighted by molar-refractivity contribution is 6.29. The summed E-state index contributed by atoms with van der Waals surface area (Å²) in [5.41, 5.74) is 1.43. The fraction of sp³-hybridized carbons (Fsp3) is 0.385. The number of rotatable bonds is 6. The molecule has 0 amide bonds. The molecule has 0 aliphatic carbocycles. The lowest BCUT2D eigenvalue weighted by Gasteiger charge is -2.24. The third-order valence-corrected chi connectivity index (χ3v) is 3.39. The number of pyridine rings is 1. The normalized spacial score (nSPS) is 14.2. The summed E-state index contributed by atoms with van der Waals surface area (Å²) in [4.78, 5) is 16.8. The second-order valence-electron chi connectivity index (χ2n) is 4.32. The van der Waals surface area contributed by atoms with Crippen molar-refractivity contribution in [3.05, 3.63) is 40.6 Å². The van der Waals surface area contributed by atoms with Crippen LogP contribution >= 0.6 is 23.2 Å². The number of cyclic esters (lactones) is 1. The molecule has 0 N–H and O–H groups in total. The minimum absolute atomic E-state index is 0.153. The van der Waals surface area contributed by atoms with Gasteiger partial charge in [-0.25, -0.2) is 14.2 Å². The van der Waals surface area contributed by atoms with Gasteiger partial charge in [0.25, 0.3) is 0 Å². The zero-order chi connectivity index (χ0) is 14.5. The lowest BCUT2D eigenvalue weighted by molar-refractivity contribution is -0.135. The average Bonchev–Trinajstić information content (AvgIpc) is 2.85. The quantitative estimate of drug-likeness (QED) is 0.459. The van der Waals surface area contributed by atoms with Crippen LogP contribution in [-0.2, 0) is 16.1 Å². The van der Waals surface area contributed by atoms with Crippen LogP contribution in [0.25, 0.3) is 0 Å². The first-order chi connectivity index (χ1) is 9.60. The zero-order valence-electron chi connectivity index (χ0n) is 10.6. The van der Waals surface area contributed by atoms with Gasteiger partial charge in [-0.3, -0.25) is 0 Å². The smallest absolute Gasteiger partial charge is 0.333 e. The molecule has 0 radical (unpaired) electrons. The van der Waals surface area contributed by atoms with Crippen LogP contribution in [0.15, 0.2) is 24.0 Å². The number of carbonyl (C=O) groups is 1. The molecule has 7 heteroatoms. The first kappa shape index (κ1) is 15.1. The van der Waals surface area contributed by atoms with Crippen LogP contribution in [0.2, 0.25) is 5.15 Å². The Morgan fingerprint density at radius 2 is 2.30 bits per heavy atom. The van der Waals surface area contributed by atoms with Gasteiger partial charge in [-0.2, -0.15) is 0 Å². The van der Waals surface area contributed by atoms with Gasteiger partial charge in [0.2, 0.25) is 0 Å². The number of hydrogen-bond donors (Lipinski definition) is 0. The van der Waals surface area contributed by atoms with Crippen molar-refractivity contribution in [3.8, 4) is 0 Å². The number of hydrogen-bond acceptors (Lipinski definition) is 4. The molecule has 20 heavy (non-hydrogen) atoms. The first-order valence-electron chi connectivity index (χ1n) is 6.08. The van der Waals surface area contributed by atoms with Crippen molar-refractivity contribution < 1.29 is 13.9 Å². The van der Waals surface area contributed by atoms with Gasteiger partial charge in [-0.05, 0) is 18.1 Å². The summed E-state index contributed by atoms with van der Waals surface area (Å²) >= 11 is 11.2. The molecule has 2 heterocycles. The summed E-state index contributed by atoms with van der Waals surface area (Å²) in [5, 5.41) is -0.153. The lowest BCUT2D eigenvalue weighted by Crippen LogP contribution is -2.25. The molecule has 108 valence electrons. The van der Waals surface area contributed by atoms with Crippen LogP contribution in [0.1, 0.15) is 12.0 Å². The minimum atomic E-state index is -0.561. The van der Waals surface area contributed by atoms with Crippen LogP contribution in [0, 0.1) is 5.82 Å². The van der Waals surface area contributed by atoms with Gasteiger partial charge in [-0.15, -0.1) is 11.6 Å². The summed E-state index contributed by atoms with van der Waals surface area (Å²) in [6.07, 6.45) is 3.70. The van der Waals surface area contributed by atoms with Gasteiger partial charge >= 0.3 is 5.97 Å². The highest BCUT2D eigenvalue weighted by Gasteiger charge is 2.19. The Morgan fingerprint density at radius 3 is 2.90 bits per heavy atom. The molecular weight excluding hydrogens is 306 g/mol. The third-order valence-electron chi connectivity index (χ3n) is 2.84. The SMILES string of the molecule is O=C1C=C(N(CCCCl)Cc2cnc(Cl)c(F)c2)CO1. The minimum Gasteiger partial charge on any atom is -0.456 e. The Labute approximate surface area is 126 Å². The van der Waals surface area contributed by atoms with Crippen molar-refractivity contribution in [2.45, 2.75) is 13.0 Å². The van der Waals surface area contributed by atoms with E-state index in [2.05, 4.69) is 4.98 Å². The maximum absolute atomic E-state index is 13.4. The number of halogens is 3. The maximum atomic E-state index is 13.4. The molecule has 0 spiro atoms. The largest absolute Gasteiger partial charge is 0.456 e. The monoisotopic (exact) mass is 318 g/mol. The number of aromatic nitrogens is 1. The topological polar surface area (TPSA) is 42.4 Å². The second-order valence-corrected chi connectivity index (χ2v) is 5.06. The molecule has 1 aromatic heterocycles. The average molecular weight is 319 g/mol. The molecule has 0 saturated carbocycles. The standard InChI is InChI=1S/C13H13Cl2FN2O2/c14-2-1-3-18(10-5-12(19)20-8-10)7-9-4-11(16)13(15)17-6-9/h4-6H,1-3,7-8H2. The summed E-state index contributed by atoms with van der Waals surface area (Å²) in [5.74, 6) is -0.420. The molecule has 1 aliphatic heterocycles. The summed E-state index contributed by atoms with van der Waals surface area (Å²) in [6, 6.07) is 1.33. The first-order valence-corrected chi connectivity index (χ1v) is 6.99. The van der Waals surface area contributed by atoms with E-state index in [1.54, 1.807) is 0 Å². The number of carbonyl (C=O) groups excluding carboxylic acids is 1. The Kier molecular flexibility index (Phi) is 5.20. The molecule has 1 aromatic rings. The van der Waals surface area contributed by atoms with E-state index in [4.69, 9.17) is 27.9 Å². The molecule has 0 bridgehead atoms. The molecule has 0 unspecified atom stereocenters. The molecule has 0 atom stereocenters. The molecule has 0 fully saturated rings. The molecule has 2 rings (SSSR count). The van der Waals surface area contributed by atoms with Gasteiger partial charge in [0.15, 0.2) is 11.0 Å². The van der Waals surface area contributed by atoms with Crippen molar-refractivity contribution in [2.75, 3.05) is 19.0 Å². The number of esters is 1. The van der Waals surface area contributed by atoms with Crippen LogP contribution in [-0.4, -0.2) is 34.9 Å². The lowest BCUT2D eigenvalue weighted by atomic mass is 10.2. The molecular formula is C13H13Cl2FN2O2. The van der Waals surface area contributed by atoms with E-state index in [9.17, 15) is 9.18 Å².